The highest BCUT2D eigenvalue weighted by molar-refractivity contribution is 8.16. The van der Waals surface area contributed by atoms with Crippen molar-refractivity contribution < 1.29 is 13.2 Å². The largest absolute Gasteiger partial charge is 0.315 e. The van der Waals surface area contributed by atoms with Crippen LogP contribution in [0.5, 0.6) is 0 Å². The maximum atomic E-state index is 12.0. The zero-order valence-electron chi connectivity index (χ0n) is 13.4. The van der Waals surface area contributed by atoms with Crippen LogP contribution in [0.4, 0.5) is 5.69 Å². The summed E-state index contributed by atoms with van der Waals surface area (Å²) < 4.78 is 24.0. The van der Waals surface area contributed by atoms with E-state index in [1.807, 2.05) is 29.2 Å². The van der Waals surface area contributed by atoms with Crippen molar-refractivity contribution in [1.29, 1.82) is 0 Å². The highest BCUT2D eigenvalue weighted by atomic mass is 32.2. The summed E-state index contributed by atoms with van der Waals surface area (Å²) in [5.41, 5.74) is 2.09. The van der Waals surface area contributed by atoms with E-state index >= 15 is 0 Å². The van der Waals surface area contributed by atoms with E-state index in [0.29, 0.717) is 11.1 Å². The minimum Gasteiger partial charge on any atom is -0.315 e. The van der Waals surface area contributed by atoms with Gasteiger partial charge in [0.05, 0.1) is 17.5 Å². The van der Waals surface area contributed by atoms with Crippen molar-refractivity contribution in [3.63, 3.8) is 0 Å². The van der Waals surface area contributed by atoms with Gasteiger partial charge >= 0.3 is 0 Å². The first-order valence-corrected chi connectivity index (χ1v) is 10.3. The molecule has 3 rings (SSSR count). The van der Waals surface area contributed by atoms with E-state index < -0.39 is 9.84 Å². The number of hydrogen-bond donors (Lipinski definition) is 0. The number of carbonyl (C=O) groups excluding carboxylic acids is 1. The van der Waals surface area contributed by atoms with E-state index in [0.717, 1.165) is 11.3 Å². The lowest BCUT2D eigenvalue weighted by Crippen LogP contribution is -2.38. The molecule has 0 spiro atoms. The molecule has 1 aromatic carbocycles. The second-order valence-corrected chi connectivity index (χ2v) is 9.66. The van der Waals surface area contributed by atoms with Gasteiger partial charge in [0.15, 0.2) is 15.0 Å². The molecular weight excluding hydrogens is 332 g/mol. The molecular formula is C16H20N2O3S2. The number of thioether (sulfide) groups is 1. The van der Waals surface area contributed by atoms with Gasteiger partial charge in [0.1, 0.15) is 0 Å². The summed E-state index contributed by atoms with van der Waals surface area (Å²) in [4.78, 5) is 17.6. The molecule has 2 aliphatic heterocycles. The predicted molar refractivity (Wildman–Crippen MR) is 94.9 cm³/mol. The Bertz CT molecular complexity index is 771. The van der Waals surface area contributed by atoms with Gasteiger partial charge in [0.2, 0.25) is 5.91 Å². The van der Waals surface area contributed by atoms with Crippen LogP contribution in [-0.4, -0.2) is 42.3 Å². The van der Waals surface area contributed by atoms with Crippen molar-refractivity contribution >= 4 is 38.4 Å². The van der Waals surface area contributed by atoms with Crippen molar-refractivity contribution in [2.75, 3.05) is 16.4 Å². The number of sulfone groups is 1. The van der Waals surface area contributed by atoms with Crippen LogP contribution in [0.2, 0.25) is 0 Å². The number of carbonyl (C=O) groups is 1. The van der Waals surface area contributed by atoms with Gasteiger partial charge in [-0.1, -0.05) is 43.8 Å². The Hall–Kier alpha value is -1.34. The molecule has 0 N–H and O–H groups in total. The number of anilines is 1. The molecule has 0 aromatic heterocycles. The van der Waals surface area contributed by atoms with Gasteiger partial charge in [-0.05, 0) is 17.5 Å². The van der Waals surface area contributed by atoms with Crippen LogP contribution in [0.15, 0.2) is 29.3 Å². The second kappa shape index (κ2) is 5.94. The Labute approximate surface area is 141 Å². The Balaban J connectivity index is 2.11. The highest BCUT2D eigenvalue weighted by Gasteiger charge is 2.49. The van der Waals surface area contributed by atoms with Crippen molar-refractivity contribution in [2.24, 2.45) is 4.99 Å². The van der Waals surface area contributed by atoms with Crippen LogP contribution >= 0.6 is 11.8 Å². The number of hydrogen-bond acceptors (Lipinski definition) is 4. The van der Waals surface area contributed by atoms with Crippen LogP contribution in [0.25, 0.3) is 0 Å². The van der Waals surface area contributed by atoms with Crippen LogP contribution in [0, 0.1) is 0 Å². The van der Waals surface area contributed by atoms with Crippen molar-refractivity contribution in [3.05, 3.63) is 29.8 Å². The van der Waals surface area contributed by atoms with Crippen LogP contribution in [0.3, 0.4) is 0 Å². The van der Waals surface area contributed by atoms with Gasteiger partial charge < -0.3 is 4.90 Å². The van der Waals surface area contributed by atoms with Gasteiger partial charge in [0, 0.05) is 17.9 Å². The van der Waals surface area contributed by atoms with Crippen LogP contribution in [0.1, 0.15) is 32.3 Å². The van der Waals surface area contributed by atoms with Gasteiger partial charge in [-0.15, -0.1) is 0 Å². The SMILES string of the molecule is CC(=O)N=C1S[C@H]2CS(=O)(=O)C[C@@H]2N1c1ccccc1C(C)C. The van der Waals surface area contributed by atoms with Crippen molar-refractivity contribution in [1.82, 2.24) is 0 Å². The monoisotopic (exact) mass is 352 g/mol. The number of amidine groups is 1. The Morgan fingerprint density at radius 3 is 2.65 bits per heavy atom. The summed E-state index contributed by atoms with van der Waals surface area (Å²) in [6.45, 7) is 5.63. The molecule has 0 saturated carbocycles. The molecule has 1 amide bonds. The molecule has 2 fully saturated rings. The number of fused-ring (bicyclic) bond motifs is 1. The van der Waals surface area contributed by atoms with Crippen LogP contribution in [-0.2, 0) is 14.6 Å². The van der Waals surface area contributed by atoms with E-state index in [1.165, 1.54) is 18.7 Å². The number of nitrogens with zero attached hydrogens (tertiary/aromatic N) is 2. The number of para-hydroxylation sites is 1. The fraction of sp³-hybridized carbons (Fsp3) is 0.500. The molecule has 0 radical (unpaired) electrons. The Morgan fingerprint density at radius 2 is 2.00 bits per heavy atom. The molecule has 7 heteroatoms. The molecule has 2 saturated heterocycles. The number of rotatable bonds is 2. The third-order valence-corrected chi connectivity index (χ3v) is 7.35. The van der Waals surface area contributed by atoms with E-state index in [2.05, 4.69) is 18.8 Å². The lowest BCUT2D eigenvalue weighted by atomic mass is 9.99. The zero-order valence-corrected chi connectivity index (χ0v) is 15.0. The average Bonchev–Trinajstić information content (AvgIpc) is 2.88. The highest BCUT2D eigenvalue weighted by Crippen LogP contribution is 2.43. The van der Waals surface area contributed by atoms with Crippen molar-refractivity contribution in [2.45, 2.75) is 38.0 Å². The predicted octanol–water partition coefficient (Wildman–Crippen LogP) is 2.43. The second-order valence-electron chi connectivity index (χ2n) is 6.30. The molecule has 23 heavy (non-hydrogen) atoms. The normalized spacial score (nSPS) is 27.7. The third kappa shape index (κ3) is 3.17. The first-order valence-electron chi connectivity index (χ1n) is 7.63. The summed E-state index contributed by atoms with van der Waals surface area (Å²) in [6.07, 6.45) is 0. The average molecular weight is 352 g/mol. The van der Waals surface area contributed by atoms with Gasteiger partial charge in [-0.2, -0.15) is 4.99 Å². The smallest absolute Gasteiger partial charge is 0.244 e. The summed E-state index contributed by atoms with van der Waals surface area (Å²) in [7, 11) is -3.03. The number of aliphatic imine (C=N–C) groups is 1. The first-order chi connectivity index (χ1) is 10.8. The first kappa shape index (κ1) is 16.5. The molecule has 124 valence electrons. The van der Waals surface area contributed by atoms with Crippen LogP contribution < -0.4 is 4.90 Å². The van der Waals surface area contributed by atoms with Gasteiger partial charge in [0.25, 0.3) is 0 Å². The third-order valence-electron chi connectivity index (χ3n) is 4.14. The maximum Gasteiger partial charge on any atom is 0.244 e. The Morgan fingerprint density at radius 1 is 1.30 bits per heavy atom. The quantitative estimate of drug-likeness (QED) is 0.818. The summed E-state index contributed by atoms with van der Waals surface area (Å²) in [6, 6.07) is 7.80. The van der Waals surface area contributed by atoms with E-state index in [1.54, 1.807) is 0 Å². The summed E-state index contributed by atoms with van der Waals surface area (Å²) in [5.74, 6) is 0.308. The lowest BCUT2D eigenvalue weighted by Gasteiger charge is -2.28. The zero-order chi connectivity index (χ0) is 16.8. The molecule has 0 unspecified atom stereocenters. The molecule has 5 nitrogen and oxygen atoms in total. The summed E-state index contributed by atoms with van der Waals surface area (Å²) >= 11 is 1.41. The van der Waals surface area contributed by atoms with Gasteiger partial charge in [-0.3, -0.25) is 4.79 Å². The van der Waals surface area contributed by atoms with E-state index in [-0.39, 0.29) is 28.7 Å². The molecule has 0 aliphatic carbocycles. The maximum absolute atomic E-state index is 12.0. The summed E-state index contributed by atoms with van der Waals surface area (Å²) in [5, 5.41) is 0.564. The van der Waals surface area contributed by atoms with Crippen molar-refractivity contribution in [3.8, 4) is 0 Å². The minimum absolute atomic E-state index is 0.0571. The molecule has 2 atom stereocenters. The number of amides is 1. The molecule has 0 bridgehead atoms. The molecule has 1 aromatic rings. The fourth-order valence-corrected chi connectivity index (χ4v) is 7.13. The molecule has 2 aliphatic rings. The topological polar surface area (TPSA) is 66.8 Å². The minimum atomic E-state index is -3.03. The Kier molecular flexibility index (Phi) is 4.27. The molecule has 2 heterocycles. The number of benzene rings is 1. The fourth-order valence-electron chi connectivity index (χ4n) is 3.18. The lowest BCUT2D eigenvalue weighted by molar-refractivity contribution is -0.115. The van der Waals surface area contributed by atoms with Gasteiger partial charge in [-0.25, -0.2) is 8.42 Å². The van der Waals surface area contributed by atoms with E-state index in [4.69, 9.17) is 0 Å². The standard InChI is InChI=1S/C16H20N2O3S2/c1-10(2)12-6-4-5-7-13(12)18-14-8-23(20,21)9-15(14)22-16(18)17-11(3)19/h4-7,10,14-15H,8-9H2,1-3H3/t14-,15-/m0/s1. The van der Waals surface area contributed by atoms with E-state index in [9.17, 15) is 13.2 Å².